The van der Waals surface area contributed by atoms with Gasteiger partial charge in [0.25, 0.3) is 5.92 Å². The van der Waals surface area contributed by atoms with Gasteiger partial charge in [-0.1, -0.05) is 12.1 Å². The van der Waals surface area contributed by atoms with Crippen molar-refractivity contribution in [2.75, 3.05) is 26.4 Å². The summed E-state index contributed by atoms with van der Waals surface area (Å²) in [6, 6.07) is 3.94. The molecule has 0 bridgehead atoms. The average Bonchev–Trinajstić information content (AvgIpc) is 3.05. The van der Waals surface area contributed by atoms with Gasteiger partial charge < -0.3 is 14.8 Å². The molecule has 1 heterocycles. The lowest BCUT2D eigenvalue weighted by atomic mass is 10.0. The summed E-state index contributed by atoms with van der Waals surface area (Å²) in [4.78, 5) is 12.2. The van der Waals surface area contributed by atoms with Gasteiger partial charge in [0.1, 0.15) is 11.9 Å². The molecule has 7 heteroatoms. The summed E-state index contributed by atoms with van der Waals surface area (Å²) in [6.07, 6.45) is -0.140. The van der Waals surface area contributed by atoms with Crippen LogP contribution in [0.25, 0.3) is 0 Å². The number of benzene rings is 1. The molecule has 0 spiro atoms. The Bertz CT molecular complexity index is 516. The monoisotopic (exact) mass is 331 g/mol. The van der Waals surface area contributed by atoms with E-state index < -0.39 is 30.3 Å². The third-order valence-electron chi connectivity index (χ3n) is 3.75. The van der Waals surface area contributed by atoms with E-state index in [1.165, 1.54) is 0 Å². The van der Waals surface area contributed by atoms with Gasteiger partial charge in [-0.2, -0.15) is 8.78 Å². The van der Waals surface area contributed by atoms with E-state index in [0.29, 0.717) is 26.2 Å². The maximum Gasteiger partial charge on any atom is 0.290 e. The van der Waals surface area contributed by atoms with Crippen molar-refractivity contribution in [3.63, 3.8) is 0 Å². The molecule has 2 unspecified atom stereocenters. The normalized spacial score (nSPS) is 19.6. The summed E-state index contributed by atoms with van der Waals surface area (Å²) in [5, 5.41) is 2.23. The minimum Gasteiger partial charge on any atom is -0.381 e. The number of alkyl halides is 2. The Labute approximate surface area is 133 Å². The fourth-order valence-corrected chi connectivity index (χ4v) is 2.49. The van der Waals surface area contributed by atoms with E-state index in [9.17, 15) is 18.0 Å². The highest BCUT2D eigenvalue weighted by Gasteiger charge is 2.36. The molecule has 1 aromatic rings. The zero-order valence-electron chi connectivity index (χ0n) is 12.9. The van der Waals surface area contributed by atoms with Crippen LogP contribution < -0.4 is 5.32 Å². The van der Waals surface area contributed by atoms with Crippen LogP contribution in [-0.2, 0) is 20.2 Å². The number of carbonyl (C=O) groups excluding carboxylic acids is 1. The Morgan fingerprint density at radius 1 is 1.43 bits per heavy atom. The van der Waals surface area contributed by atoms with E-state index in [-0.39, 0.29) is 11.5 Å². The van der Waals surface area contributed by atoms with Crippen molar-refractivity contribution in [1.82, 2.24) is 5.32 Å². The molecule has 23 heavy (non-hydrogen) atoms. The molecule has 1 amide bonds. The smallest absolute Gasteiger partial charge is 0.290 e. The summed E-state index contributed by atoms with van der Waals surface area (Å²) < 4.78 is 51.6. The van der Waals surface area contributed by atoms with E-state index >= 15 is 0 Å². The van der Waals surface area contributed by atoms with Crippen LogP contribution in [-0.4, -0.2) is 38.4 Å². The molecule has 1 saturated heterocycles. The molecule has 1 N–H and O–H groups in total. The first-order valence-corrected chi connectivity index (χ1v) is 7.55. The largest absolute Gasteiger partial charge is 0.381 e. The molecule has 1 aliphatic rings. The molecule has 0 aromatic heterocycles. The topological polar surface area (TPSA) is 47.6 Å². The molecule has 4 nitrogen and oxygen atoms in total. The van der Waals surface area contributed by atoms with Gasteiger partial charge in [-0.15, -0.1) is 0 Å². The van der Waals surface area contributed by atoms with Crippen LogP contribution in [0, 0.1) is 11.7 Å². The number of halogens is 3. The van der Waals surface area contributed by atoms with Gasteiger partial charge >= 0.3 is 0 Å². The molecule has 0 radical (unpaired) electrons. The van der Waals surface area contributed by atoms with Crippen molar-refractivity contribution in [2.45, 2.75) is 25.4 Å². The highest BCUT2D eigenvalue weighted by molar-refractivity contribution is 5.81. The molecule has 2 atom stereocenters. The number of nitrogens with one attached hydrogen (secondary N) is 1. The quantitative estimate of drug-likeness (QED) is 0.835. The van der Waals surface area contributed by atoms with Crippen LogP contribution >= 0.6 is 0 Å². The van der Waals surface area contributed by atoms with Crippen molar-refractivity contribution in [3.8, 4) is 0 Å². The standard InChI is InChI=1S/C16H20F3NO3/c1-2-23-14(11-7-8-22-9-11)15(21)20-10-16(18,19)12-3-5-13(17)6-4-12/h3-6,11,14H,2,7-10H2,1H3,(H,20,21). The number of amides is 1. The number of carbonyl (C=O) groups is 1. The first kappa shape index (κ1) is 17.7. The second kappa shape index (κ2) is 7.79. The van der Waals surface area contributed by atoms with Gasteiger partial charge in [0, 0.05) is 24.7 Å². The summed E-state index contributed by atoms with van der Waals surface area (Å²) >= 11 is 0. The van der Waals surface area contributed by atoms with E-state index in [0.717, 1.165) is 24.3 Å². The Kier molecular flexibility index (Phi) is 6.01. The van der Waals surface area contributed by atoms with E-state index in [1.54, 1.807) is 6.92 Å². The van der Waals surface area contributed by atoms with Crippen LogP contribution in [0.3, 0.4) is 0 Å². The molecule has 128 valence electrons. The Hall–Kier alpha value is -1.60. The predicted molar refractivity (Wildman–Crippen MR) is 77.6 cm³/mol. The number of rotatable bonds is 7. The summed E-state index contributed by atoms with van der Waals surface area (Å²) in [7, 11) is 0. The van der Waals surface area contributed by atoms with Crippen LogP contribution in [0.4, 0.5) is 13.2 Å². The zero-order valence-corrected chi connectivity index (χ0v) is 12.9. The van der Waals surface area contributed by atoms with Crippen LogP contribution in [0.1, 0.15) is 18.9 Å². The summed E-state index contributed by atoms with van der Waals surface area (Å²) in [6.45, 7) is 2.10. The van der Waals surface area contributed by atoms with Gasteiger partial charge in [-0.05, 0) is 25.5 Å². The van der Waals surface area contributed by atoms with E-state index in [2.05, 4.69) is 5.32 Å². The molecule has 0 saturated carbocycles. The Morgan fingerprint density at radius 2 is 2.13 bits per heavy atom. The Morgan fingerprint density at radius 3 is 2.70 bits per heavy atom. The van der Waals surface area contributed by atoms with E-state index in [1.807, 2.05) is 0 Å². The first-order chi connectivity index (χ1) is 10.9. The molecule has 2 rings (SSSR count). The van der Waals surface area contributed by atoms with Crippen LogP contribution in [0.2, 0.25) is 0 Å². The molecule has 1 fully saturated rings. The second-order valence-corrected chi connectivity index (χ2v) is 5.43. The fraction of sp³-hybridized carbons (Fsp3) is 0.562. The second-order valence-electron chi connectivity index (χ2n) is 5.43. The third kappa shape index (κ3) is 4.68. The molecule has 1 aromatic carbocycles. The molecule has 1 aliphatic heterocycles. The predicted octanol–water partition coefficient (Wildman–Crippen LogP) is 2.48. The number of hydrogen-bond acceptors (Lipinski definition) is 3. The SMILES string of the molecule is CCOC(C(=O)NCC(F)(F)c1ccc(F)cc1)C1CCOC1. The lowest BCUT2D eigenvalue weighted by Gasteiger charge is -2.23. The number of hydrogen-bond donors (Lipinski definition) is 1. The minimum atomic E-state index is -3.29. The Balaban J connectivity index is 1.96. The highest BCUT2D eigenvalue weighted by atomic mass is 19.3. The zero-order chi connectivity index (χ0) is 16.9. The third-order valence-corrected chi connectivity index (χ3v) is 3.75. The first-order valence-electron chi connectivity index (χ1n) is 7.55. The average molecular weight is 331 g/mol. The molecular formula is C16H20F3NO3. The van der Waals surface area contributed by atoms with Gasteiger partial charge in [0.2, 0.25) is 5.91 Å². The van der Waals surface area contributed by atoms with Gasteiger partial charge in [0.15, 0.2) is 0 Å². The van der Waals surface area contributed by atoms with Crippen LogP contribution in [0.15, 0.2) is 24.3 Å². The van der Waals surface area contributed by atoms with Crippen molar-refractivity contribution in [3.05, 3.63) is 35.6 Å². The van der Waals surface area contributed by atoms with Gasteiger partial charge in [-0.25, -0.2) is 4.39 Å². The van der Waals surface area contributed by atoms with Gasteiger partial charge in [-0.3, -0.25) is 4.79 Å². The van der Waals surface area contributed by atoms with E-state index in [4.69, 9.17) is 9.47 Å². The van der Waals surface area contributed by atoms with Crippen molar-refractivity contribution in [1.29, 1.82) is 0 Å². The lowest BCUT2D eigenvalue weighted by Crippen LogP contribution is -2.45. The van der Waals surface area contributed by atoms with Crippen molar-refractivity contribution >= 4 is 5.91 Å². The summed E-state index contributed by atoms with van der Waals surface area (Å²) in [5.41, 5.74) is -0.351. The highest BCUT2D eigenvalue weighted by Crippen LogP contribution is 2.27. The molecule has 0 aliphatic carbocycles. The minimum absolute atomic E-state index is 0.130. The van der Waals surface area contributed by atoms with Crippen LogP contribution in [0.5, 0.6) is 0 Å². The maximum absolute atomic E-state index is 14.1. The van der Waals surface area contributed by atoms with Crippen molar-refractivity contribution in [2.24, 2.45) is 5.92 Å². The lowest BCUT2D eigenvalue weighted by molar-refractivity contribution is -0.138. The summed E-state index contributed by atoms with van der Waals surface area (Å²) in [5.74, 6) is -4.59. The number of ether oxygens (including phenoxy) is 2. The van der Waals surface area contributed by atoms with Gasteiger partial charge in [0.05, 0.1) is 13.2 Å². The van der Waals surface area contributed by atoms with Crippen molar-refractivity contribution < 1.29 is 27.4 Å². The maximum atomic E-state index is 14.1. The molecular weight excluding hydrogens is 311 g/mol. The fourth-order valence-electron chi connectivity index (χ4n) is 2.49.